The smallest absolute Gasteiger partial charge is 0.320 e. The van der Waals surface area contributed by atoms with Gasteiger partial charge in [-0.25, -0.2) is 9.78 Å². The van der Waals surface area contributed by atoms with Crippen molar-refractivity contribution in [1.29, 1.82) is 0 Å². The highest BCUT2D eigenvalue weighted by atomic mass is 16.2. The van der Waals surface area contributed by atoms with E-state index in [9.17, 15) is 9.59 Å². The van der Waals surface area contributed by atoms with E-state index in [2.05, 4.69) is 15.6 Å². The number of carbonyl (C=O) groups excluding carboxylic acids is 2. The fourth-order valence-electron chi connectivity index (χ4n) is 5.35. The molecule has 1 aromatic heterocycles. The monoisotopic (exact) mass is 342 g/mol. The molecule has 25 heavy (non-hydrogen) atoms. The summed E-state index contributed by atoms with van der Waals surface area (Å²) in [5, 5.41) is 6.00. The van der Waals surface area contributed by atoms with Gasteiger partial charge in [-0.1, -0.05) is 0 Å². The van der Waals surface area contributed by atoms with Gasteiger partial charge in [0.05, 0.1) is 0 Å². The highest BCUT2D eigenvalue weighted by Gasteiger charge is 2.48. The minimum atomic E-state index is -0.209. The molecule has 4 bridgehead atoms. The van der Waals surface area contributed by atoms with Gasteiger partial charge in [-0.2, -0.15) is 0 Å². The zero-order valence-corrected chi connectivity index (χ0v) is 14.9. The summed E-state index contributed by atoms with van der Waals surface area (Å²) in [6.45, 7) is 0. The van der Waals surface area contributed by atoms with Gasteiger partial charge >= 0.3 is 6.03 Å². The Morgan fingerprint density at radius 1 is 1.08 bits per heavy atom. The number of rotatable bonds is 3. The van der Waals surface area contributed by atoms with E-state index in [1.165, 1.54) is 37.0 Å². The molecule has 0 atom stereocenters. The maximum atomic E-state index is 12.5. The molecular weight excluding hydrogens is 316 g/mol. The van der Waals surface area contributed by atoms with Crippen molar-refractivity contribution in [1.82, 2.24) is 15.2 Å². The van der Waals surface area contributed by atoms with Crippen LogP contribution in [0.3, 0.4) is 0 Å². The molecule has 1 heterocycles. The van der Waals surface area contributed by atoms with Crippen LogP contribution < -0.4 is 10.6 Å². The first kappa shape index (κ1) is 16.4. The lowest BCUT2D eigenvalue weighted by Gasteiger charge is -2.54. The zero-order valence-electron chi connectivity index (χ0n) is 14.9. The molecule has 4 fully saturated rings. The maximum absolute atomic E-state index is 12.5. The molecule has 0 saturated heterocycles. The predicted octanol–water partition coefficient (Wildman–Crippen LogP) is 2.73. The van der Waals surface area contributed by atoms with Crippen molar-refractivity contribution < 1.29 is 9.59 Å². The van der Waals surface area contributed by atoms with Gasteiger partial charge in [0.1, 0.15) is 5.82 Å². The van der Waals surface area contributed by atoms with Crippen molar-refractivity contribution in [2.75, 3.05) is 19.4 Å². The summed E-state index contributed by atoms with van der Waals surface area (Å²) in [6.07, 6.45) is 8.02. The number of aromatic nitrogens is 1. The van der Waals surface area contributed by atoms with Crippen LogP contribution in [0.4, 0.5) is 10.6 Å². The molecule has 0 aromatic carbocycles. The molecule has 0 aliphatic heterocycles. The Hall–Kier alpha value is -2.11. The average molecular weight is 342 g/mol. The number of nitrogens with one attached hydrogen (secondary N) is 2. The van der Waals surface area contributed by atoms with Crippen LogP contribution in [0, 0.1) is 23.7 Å². The molecule has 6 nitrogen and oxygen atoms in total. The van der Waals surface area contributed by atoms with Gasteiger partial charge in [-0.15, -0.1) is 0 Å². The number of carbonyl (C=O) groups is 2. The van der Waals surface area contributed by atoms with E-state index in [1.54, 1.807) is 32.4 Å². The molecule has 6 heteroatoms. The zero-order chi connectivity index (χ0) is 17.6. The molecule has 1 aromatic rings. The van der Waals surface area contributed by atoms with Crippen molar-refractivity contribution in [2.45, 2.75) is 38.1 Å². The predicted molar refractivity (Wildman–Crippen MR) is 95.2 cm³/mol. The lowest BCUT2D eigenvalue weighted by Crippen LogP contribution is -2.56. The largest absolute Gasteiger partial charge is 0.345 e. The van der Waals surface area contributed by atoms with Gasteiger partial charge in [-0.3, -0.25) is 10.1 Å². The molecule has 4 aliphatic carbocycles. The molecule has 134 valence electrons. The first-order chi connectivity index (χ1) is 12.0. The number of urea groups is 1. The van der Waals surface area contributed by atoms with Crippen LogP contribution in [0.15, 0.2) is 18.3 Å². The van der Waals surface area contributed by atoms with Crippen LogP contribution in [0.2, 0.25) is 0 Å². The summed E-state index contributed by atoms with van der Waals surface area (Å²) >= 11 is 0. The Morgan fingerprint density at radius 3 is 2.32 bits per heavy atom. The molecule has 0 radical (unpaired) electrons. The van der Waals surface area contributed by atoms with Crippen LogP contribution in [0.5, 0.6) is 0 Å². The maximum Gasteiger partial charge on any atom is 0.320 e. The van der Waals surface area contributed by atoms with Gasteiger partial charge in [-0.05, 0) is 67.9 Å². The van der Waals surface area contributed by atoms with E-state index in [0.717, 1.165) is 11.8 Å². The number of hydrogen-bond acceptors (Lipinski definition) is 3. The number of nitrogens with zero attached hydrogens (tertiary/aromatic N) is 2. The summed E-state index contributed by atoms with van der Waals surface area (Å²) in [4.78, 5) is 30.2. The number of pyridine rings is 1. The van der Waals surface area contributed by atoms with Gasteiger partial charge in [0.15, 0.2) is 0 Å². The number of anilines is 1. The standard InChI is InChI=1S/C19H26N4O2/c1-23(2)18(24)13-3-4-20-16(10-13)21-19(25)22-17-14-6-11-5-12(8-14)9-15(17)7-11/h3-4,10-12,14-15,17H,5-9H2,1-2H3,(H2,20,21,22,25). The van der Waals surface area contributed by atoms with Crippen LogP contribution in [0.1, 0.15) is 42.5 Å². The van der Waals surface area contributed by atoms with Crippen LogP contribution in [0.25, 0.3) is 0 Å². The van der Waals surface area contributed by atoms with E-state index in [0.29, 0.717) is 29.3 Å². The average Bonchev–Trinajstić information content (AvgIpc) is 2.57. The summed E-state index contributed by atoms with van der Waals surface area (Å²) in [5.41, 5.74) is 0.518. The van der Waals surface area contributed by atoms with E-state index in [1.807, 2.05) is 0 Å². The third kappa shape index (κ3) is 3.22. The highest BCUT2D eigenvalue weighted by Crippen LogP contribution is 2.53. The van der Waals surface area contributed by atoms with E-state index in [4.69, 9.17) is 0 Å². The molecule has 5 rings (SSSR count). The van der Waals surface area contributed by atoms with Crippen LogP contribution in [-0.4, -0.2) is 42.0 Å². The quantitative estimate of drug-likeness (QED) is 0.887. The second kappa shape index (κ2) is 6.32. The summed E-state index contributed by atoms with van der Waals surface area (Å²) in [6, 6.07) is 3.36. The summed E-state index contributed by atoms with van der Waals surface area (Å²) in [7, 11) is 3.41. The topological polar surface area (TPSA) is 74.3 Å². The van der Waals surface area contributed by atoms with Crippen molar-refractivity contribution in [3.63, 3.8) is 0 Å². The lowest BCUT2D eigenvalue weighted by atomic mass is 9.54. The lowest BCUT2D eigenvalue weighted by molar-refractivity contribution is -0.00883. The van der Waals surface area contributed by atoms with Crippen LogP contribution >= 0.6 is 0 Å². The van der Waals surface area contributed by atoms with Gasteiger partial charge in [0.25, 0.3) is 5.91 Å². The highest BCUT2D eigenvalue weighted by molar-refractivity contribution is 5.96. The van der Waals surface area contributed by atoms with Gasteiger partial charge in [0.2, 0.25) is 0 Å². The third-order valence-corrected chi connectivity index (χ3v) is 6.18. The van der Waals surface area contributed by atoms with Crippen molar-refractivity contribution in [3.8, 4) is 0 Å². The first-order valence-electron chi connectivity index (χ1n) is 9.25. The molecule has 4 saturated carbocycles. The molecule has 2 N–H and O–H groups in total. The van der Waals surface area contributed by atoms with Gasteiger partial charge < -0.3 is 10.2 Å². The normalized spacial score (nSPS) is 32.3. The Kier molecular flexibility index (Phi) is 4.13. The molecule has 0 unspecified atom stereocenters. The van der Waals surface area contributed by atoms with E-state index in [-0.39, 0.29) is 11.9 Å². The molecule has 3 amide bonds. The minimum absolute atomic E-state index is 0.105. The number of amides is 3. The van der Waals surface area contributed by atoms with Crippen molar-refractivity contribution in [2.24, 2.45) is 23.7 Å². The Labute approximate surface area is 148 Å². The Balaban J connectivity index is 1.40. The second-order valence-electron chi connectivity index (χ2n) is 8.18. The fourth-order valence-corrected chi connectivity index (χ4v) is 5.35. The summed E-state index contributed by atoms with van der Waals surface area (Å²) < 4.78 is 0. The number of hydrogen-bond donors (Lipinski definition) is 2. The van der Waals surface area contributed by atoms with Crippen LogP contribution in [-0.2, 0) is 0 Å². The van der Waals surface area contributed by atoms with Crippen molar-refractivity contribution >= 4 is 17.8 Å². The fraction of sp³-hybridized carbons (Fsp3) is 0.632. The molecule has 4 aliphatic rings. The second-order valence-corrected chi connectivity index (χ2v) is 8.18. The Bertz CT molecular complexity index is 660. The molecule has 0 spiro atoms. The third-order valence-electron chi connectivity index (χ3n) is 6.18. The van der Waals surface area contributed by atoms with Crippen molar-refractivity contribution in [3.05, 3.63) is 23.9 Å². The molecular formula is C19H26N4O2. The van der Waals surface area contributed by atoms with E-state index >= 15 is 0 Å². The Morgan fingerprint density at radius 2 is 1.72 bits per heavy atom. The first-order valence-corrected chi connectivity index (χ1v) is 9.25. The summed E-state index contributed by atoms with van der Waals surface area (Å²) in [5.74, 6) is 3.35. The SMILES string of the molecule is CN(C)C(=O)c1ccnc(NC(=O)NC2C3CC4CC(C3)CC2C4)c1. The van der Waals surface area contributed by atoms with E-state index < -0.39 is 0 Å². The minimum Gasteiger partial charge on any atom is -0.345 e. The van der Waals surface area contributed by atoms with Gasteiger partial charge in [0, 0.05) is 31.9 Å².